The summed E-state index contributed by atoms with van der Waals surface area (Å²) in [6, 6.07) is 5.07. The number of carbonyl (C=O) groups is 1. The maximum absolute atomic E-state index is 12.7. The predicted molar refractivity (Wildman–Crippen MR) is 76.7 cm³/mol. The molecular weight excluding hydrogens is 294 g/mol. The van der Waals surface area contributed by atoms with Crippen LogP contribution in [0.5, 0.6) is 5.75 Å². The van der Waals surface area contributed by atoms with Crippen molar-refractivity contribution in [3.63, 3.8) is 0 Å². The van der Waals surface area contributed by atoms with Crippen LogP contribution in [0.2, 0.25) is 0 Å². The van der Waals surface area contributed by atoms with E-state index in [1.54, 1.807) is 19.1 Å². The molecule has 21 heavy (non-hydrogen) atoms. The summed E-state index contributed by atoms with van der Waals surface area (Å²) in [5.74, 6) is -0.890. The van der Waals surface area contributed by atoms with E-state index < -0.39 is 22.0 Å². The van der Waals surface area contributed by atoms with Crippen molar-refractivity contribution < 1.29 is 23.1 Å². The molecule has 0 bridgehead atoms. The van der Waals surface area contributed by atoms with E-state index in [0.717, 1.165) is 4.31 Å². The Balaban J connectivity index is 2.43. The van der Waals surface area contributed by atoms with Gasteiger partial charge in [0, 0.05) is 12.6 Å². The topological polar surface area (TPSA) is 83.9 Å². The van der Waals surface area contributed by atoms with Crippen LogP contribution in [0.3, 0.4) is 0 Å². The van der Waals surface area contributed by atoms with Gasteiger partial charge in [-0.1, -0.05) is 13.0 Å². The van der Waals surface area contributed by atoms with Crippen LogP contribution in [0.15, 0.2) is 29.2 Å². The first-order valence-corrected chi connectivity index (χ1v) is 8.20. The van der Waals surface area contributed by atoms with Gasteiger partial charge in [-0.2, -0.15) is 4.31 Å². The fraction of sp³-hybridized carbons (Fsp3) is 0.500. The molecular formula is C14H19NO5S. The zero-order chi connectivity index (χ0) is 15.6. The molecule has 2 atom stereocenters. The number of sulfonamides is 1. The summed E-state index contributed by atoms with van der Waals surface area (Å²) < 4.78 is 31.6. The fourth-order valence-corrected chi connectivity index (χ4v) is 4.44. The Hall–Kier alpha value is -1.60. The molecule has 0 aromatic heterocycles. The molecule has 2 rings (SSSR count). The minimum Gasteiger partial charge on any atom is -0.497 e. The zero-order valence-corrected chi connectivity index (χ0v) is 12.8. The number of hydrogen-bond acceptors (Lipinski definition) is 4. The van der Waals surface area contributed by atoms with Crippen LogP contribution in [0.25, 0.3) is 0 Å². The van der Waals surface area contributed by atoms with Gasteiger partial charge >= 0.3 is 5.97 Å². The first kappa shape index (κ1) is 15.8. The normalized spacial score (nSPS) is 23.7. The van der Waals surface area contributed by atoms with Crippen LogP contribution >= 0.6 is 0 Å². The fourth-order valence-electron chi connectivity index (χ4n) is 2.68. The molecule has 1 saturated heterocycles. The highest BCUT2D eigenvalue weighted by Crippen LogP contribution is 2.30. The van der Waals surface area contributed by atoms with Crippen LogP contribution in [0.4, 0.5) is 0 Å². The highest BCUT2D eigenvalue weighted by atomic mass is 32.2. The minimum atomic E-state index is -3.85. The third kappa shape index (κ3) is 3.03. The molecule has 116 valence electrons. The summed E-state index contributed by atoms with van der Waals surface area (Å²) in [4.78, 5) is 11.5. The second-order valence-electron chi connectivity index (χ2n) is 5.20. The number of benzene rings is 1. The summed E-state index contributed by atoms with van der Waals surface area (Å²) in [7, 11) is -2.40. The quantitative estimate of drug-likeness (QED) is 0.912. The SMILES string of the molecule is COc1cccc(S(=O)(=O)N2CCCC(C)C2C(=O)O)c1. The molecule has 0 amide bonds. The summed E-state index contributed by atoms with van der Waals surface area (Å²) in [5.41, 5.74) is 0. The van der Waals surface area contributed by atoms with Crippen LogP contribution < -0.4 is 4.74 Å². The van der Waals surface area contributed by atoms with Crippen LogP contribution in [-0.2, 0) is 14.8 Å². The Bertz CT molecular complexity index is 628. The predicted octanol–water partition coefficient (Wildman–Crippen LogP) is 1.57. The number of rotatable bonds is 4. The number of hydrogen-bond donors (Lipinski definition) is 1. The van der Waals surface area contributed by atoms with Crippen molar-refractivity contribution >= 4 is 16.0 Å². The van der Waals surface area contributed by atoms with Crippen molar-refractivity contribution in [2.75, 3.05) is 13.7 Å². The molecule has 0 saturated carbocycles. The molecule has 1 aliphatic rings. The lowest BCUT2D eigenvalue weighted by molar-refractivity contribution is -0.144. The molecule has 7 heteroatoms. The van der Waals surface area contributed by atoms with Gasteiger partial charge in [0.05, 0.1) is 12.0 Å². The number of piperidine rings is 1. The van der Waals surface area contributed by atoms with E-state index in [1.165, 1.54) is 19.2 Å². The summed E-state index contributed by atoms with van der Waals surface area (Å²) >= 11 is 0. The van der Waals surface area contributed by atoms with Crippen molar-refractivity contribution in [3.05, 3.63) is 24.3 Å². The lowest BCUT2D eigenvalue weighted by Gasteiger charge is -2.36. The number of ether oxygens (including phenoxy) is 1. The van der Waals surface area contributed by atoms with E-state index in [4.69, 9.17) is 4.74 Å². The molecule has 6 nitrogen and oxygen atoms in total. The number of carboxylic acids is 1. The third-order valence-corrected chi connectivity index (χ3v) is 5.66. The van der Waals surface area contributed by atoms with Crippen LogP contribution in [0, 0.1) is 5.92 Å². The number of aliphatic carboxylic acids is 1. The molecule has 2 unspecified atom stereocenters. The average molecular weight is 313 g/mol. The summed E-state index contributed by atoms with van der Waals surface area (Å²) in [5, 5.41) is 9.36. The van der Waals surface area contributed by atoms with E-state index in [0.29, 0.717) is 18.6 Å². The van der Waals surface area contributed by atoms with E-state index in [9.17, 15) is 18.3 Å². The molecule has 1 aromatic carbocycles. The third-order valence-electron chi connectivity index (χ3n) is 3.79. The molecule has 1 aliphatic heterocycles. The van der Waals surface area contributed by atoms with Crippen molar-refractivity contribution in [2.45, 2.75) is 30.7 Å². The summed E-state index contributed by atoms with van der Waals surface area (Å²) in [6.07, 6.45) is 1.37. The Morgan fingerprint density at radius 2 is 2.14 bits per heavy atom. The van der Waals surface area contributed by atoms with Gasteiger partial charge in [-0.15, -0.1) is 0 Å². The van der Waals surface area contributed by atoms with Crippen LogP contribution in [0.1, 0.15) is 19.8 Å². The maximum atomic E-state index is 12.7. The van der Waals surface area contributed by atoms with E-state index in [2.05, 4.69) is 0 Å². The van der Waals surface area contributed by atoms with Gasteiger partial charge < -0.3 is 9.84 Å². The van der Waals surface area contributed by atoms with Crippen LogP contribution in [-0.4, -0.2) is 43.5 Å². The standard InChI is InChI=1S/C14H19NO5S/c1-10-5-4-8-15(13(10)14(16)17)21(18,19)12-7-3-6-11(9-12)20-2/h3,6-7,9-10,13H,4-5,8H2,1-2H3,(H,16,17). The molecule has 0 spiro atoms. The first-order chi connectivity index (χ1) is 9.87. The largest absolute Gasteiger partial charge is 0.497 e. The Labute approximate surface area is 124 Å². The monoisotopic (exact) mass is 313 g/mol. The Kier molecular flexibility index (Phi) is 4.53. The van der Waals surface area contributed by atoms with Gasteiger partial charge in [0.2, 0.25) is 10.0 Å². The molecule has 1 fully saturated rings. The van der Waals surface area contributed by atoms with Gasteiger partial charge in [0.15, 0.2) is 0 Å². The molecule has 0 aliphatic carbocycles. The number of carboxylic acid groups (broad SMARTS) is 1. The van der Waals surface area contributed by atoms with E-state index in [1.807, 2.05) is 0 Å². The second kappa shape index (κ2) is 6.03. The smallest absolute Gasteiger partial charge is 0.322 e. The Morgan fingerprint density at radius 1 is 1.43 bits per heavy atom. The Morgan fingerprint density at radius 3 is 2.76 bits per heavy atom. The van der Waals surface area contributed by atoms with Gasteiger partial charge in [-0.25, -0.2) is 8.42 Å². The van der Waals surface area contributed by atoms with Crippen molar-refractivity contribution in [3.8, 4) is 5.75 Å². The van der Waals surface area contributed by atoms with Gasteiger partial charge in [0.1, 0.15) is 11.8 Å². The first-order valence-electron chi connectivity index (χ1n) is 6.76. The maximum Gasteiger partial charge on any atom is 0.322 e. The van der Waals surface area contributed by atoms with Crippen molar-refractivity contribution in [1.29, 1.82) is 0 Å². The highest BCUT2D eigenvalue weighted by Gasteiger charge is 2.41. The van der Waals surface area contributed by atoms with Crippen molar-refractivity contribution in [2.24, 2.45) is 5.92 Å². The second-order valence-corrected chi connectivity index (χ2v) is 7.09. The lowest BCUT2D eigenvalue weighted by atomic mass is 9.93. The number of nitrogens with zero attached hydrogens (tertiary/aromatic N) is 1. The lowest BCUT2D eigenvalue weighted by Crippen LogP contribution is -2.51. The minimum absolute atomic E-state index is 0.0576. The highest BCUT2D eigenvalue weighted by molar-refractivity contribution is 7.89. The zero-order valence-electron chi connectivity index (χ0n) is 12.0. The molecule has 1 N–H and O–H groups in total. The summed E-state index contributed by atoms with van der Waals surface area (Å²) in [6.45, 7) is 1.99. The van der Waals surface area contributed by atoms with E-state index in [-0.39, 0.29) is 17.4 Å². The van der Waals surface area contributed by atoms with Gasteiger partial charge in [0.25, 0.3) is 0 Å². The molecule has 0 radical (unpaired) electrons. The average Bonchev–Trinajstić information content (AvgIpc) is 2.46. The molecule has 1 aromatic rings. The number of methoxy groups -OCH3 is 1. The molecule has 1 heterocycles. The van der Waals surface area contributed by atoms with Gasteiger partial charge in [-0.3, -0.25) is 4.79 Å². The van der Waals surface area contributed by atoms with E-state index >= 15 is 0 Å². The van der Waals surface area contributed by atoms with Crippen molar-refractivity contribution in [1.82, 2.24) is 4.31 Å². The van der Waals surface area contributed by atoms with Gasteiger partial charge in [-0.05, 0) is 30.9 Å².